The summed E-state index contributed by atoms with van der Waals surface area (Å²) >= 11 is 3.26. The maximum atomic E-state index is 12.1. The largest absolute Gasteiger partial charge is 0.549 e. The Labute approximate surface area is 97.4 Å². The minimum absolute atomic E-state index is 0.0166. The summed E-state index contributed by atoms with van der Waals surface area (Å²) in [5.41, 5.74) is -2.09. The first-order chi connectivity index (χ1) is 6.72. The molecule has 0 radical (unpaired) electrons. The van der Waals surface area contributed by atoms with E-state index in [2.05, 4.69) is 15.9 Å². The first-order valence-electron chi connectivity index (χ1n) is 5.12. The van der Waals surface area contributed by atoms with Gasteiger partial charge in [-0.15, -0.1) is 0 Å². The lowest BCUT2D eigenvalue weighted by Crippen LogP contribution is -2.52. The lowest BCUT2D eigenvalue weighted by atomic mass is 9.65. The molecule has 2 aliphatic rings. The summed E-state index contributed by atoms with van der Waals surface area (Å²) in [5, 5.41) is 11.4. The molecule has 4 heteroatoms. The zero-order valence-electron chi connectivity index (χ0n) is 9.09. The third kappa shape index (κ3) is 0.846. The highest BCUT2D eigenvalue weighted by Crippen LogP contribution is 2.71. The van der Waals surface area contributed by atoms with Gasteiger partial charge in [0, 0.05) is 16.8 Å². The fraction of sp³-hybridized carbons (Fsp3) is 0.818. The van der Waals surface area contributed by atoms with Gasteiger partial charge in [0.25, 0.3) is 0 Å². The molecule has 0 aliphatic heterocycles. The van der Waals surface area contributed by atoms with Crippen LogP contribution < -0.4 is 5.11 Å². The van der Waals surface area contributed by atoms with Crippen molar-refractivity contribution >= 4 is 27.7 Å². The van der Waals surface area contributed by atoms with Gasteiger partial charge in [-0.3, -0.25) is 4.79 Å². The fourth-order valence-electron chi connectivity index (χ4n) is 3.40. The van der Waals surface area contributed by atoms with Crippen molar-refractivity contribution in [3.05, 3.63) is 0 Å². The number of carboxylic acid groups (broad SMARTS) is 1. The Hall–Kier alpha value is -0.380. The van der Waals surface area contributed by atoms with Crippen LogP contribution in [0.25, 0.3) is 0 Å². The van der Waals surface area contributed by atoms with Crippen LogP contribution in [-0.2, 0) is 9.59 Å². The molecule has 0 heterocycles. The number of hydrogen-bond donors (Lipinski definition) is 0. The summed E-state index contributed by atoms with van der Waals surface area (Å²) < 4.78 is 0. The minimum atomic E-state index is -1.09. The van der Waals surface area contributed by atoms with Crippen molar-refractivity contribution in [1.29, 1.82) is 0 Å². The molecular weight excluding hydrogens is 260 g/mol. The maximum absolute atomic E-state index is 12.1. The number of alkyl halides is 1. The average molecular weight is 274 g/mol. The van der Waals surface area contributed by atoms with E-state index in [1.807, 2.05) is 20.8 Å². The van der Waals surface area contributed by atoms with E-state index in [0.29, 0.717) is 12.8 Å². The van der Waals surface area contributed by atoms with Crippen LogP contribution in [0.2, 0.25) is 0 Å². The van der Waals surface area contributed by atoms with Crippen molar-refractivity contribution in [3.8, 4) is 0 Å². The summed E-state index contributed by atoms with van der Waals surface area (Å²) in [7, 11) is 0. The monoisotopic (exact) mass is 273 g/mol. The van der Waals surface area contributed by atoms with Gasteiger partial charge >= 0.3 is 0 Å². The molecule has 2 aliphatic carbocycles. The number of carbonyl (C=O) groups is 2. The SMILES string of the molecule is CC12CCC(C(=O)[O-])([C@H](Br)C1=O)C2(C)C. The van der Waals surface area contributed by atoms with Crippen LogP contribution in [0.15, 0.2) is 0 Å². The van der Waals surface area contributed by atoms with Crippen LogP contribution in [0.1, 0.15) is 33.6 Å². The van der Waals surface area contributed by atoms with Crippen molar-refractivity contribution in [2.24, 2.45) is 16.2 Å². The van der Waals surface area contributed by atoms with Gasteiger partial charge in [0.1, 0.15) is 0 Å². The van der Waals surface area contributed by atoms with Gasteiger partial charge in [0.05, 0.1) is 4.83 Å². The molecule has 3 atom stereocenters. The van der Waals surface area contributed by atoms with E-state index in [-0.39, 0.29) is 5.78 Å². The fourth-order valence-corrected chi connectivity index (χ4v) is 4.90. The number of ketones is 1. The molecular formula is C11H14BrO3-. The predicted octanol–water partition coefficient (Wildman–Crippen LogP) is 0.895. The van der Waals surface area contributed by atoms with E-state index in [1.54, 1.807) is 0 Å². The maximum Gasteiger partial charge on any atom is 0.153 e. The van der Waals surface area contributed by atoms with E-state index in [4.69, 9.17) is 0 Å². The number of Topliss-reactive ketones (excluding diaryl/α,β-unsaturated/α-hetero) is 1. The summed E-state index contributed by atoms with van der Waals surface area (Å²) in [5.74, 6) is -1.08. The molecule has 0 aromatic rings. The van der Waals surface area contributed by atoms with Gasteiger partial charge in [0.15, 0.2) is 5.78 Å². The van der Waals surface area contributed by atoms with Crippen molar-refractivity contribution in [2.75, 3.05) is 0 Å². The van der Waals surface area contributed by atoms with Crippen molar-refractivity contribution in [1.82, 2.24) is 0 Å². The Balaban J connectivity index is 2.68. The van der Waals surface area contributed by atoms with E-state index in [0.717, 1.165) is 0 Å². The summed E-state index contributed by atoms with van der Waals surface area (Å²) in [4.78, 5) is 22.9. The molecule has 2 saturated carbocycles. The van der Waals surface area contributed by atoms with Crippen LogP contribution in [0.5, 0.6) is 0 Å². The lowest BCUT2D eigenvalue weighted by Gasteiger charge is -2.41. The third-order valence-electron chi connectivity index (χ3n) is 5.08. The number of carbonyl (C=O) groups excluding carboxylic acids is 2. The summed E-state index contributed by atoms with van der Waals surface area (Å²) in [6.07, 6.45) is 1.18. The molecule has 0 aromatic heterocycles. The Morgan fingerprint density at radius 2 is 1.93 bits per heavy atom. The first-order valence-corrected chi connectivity index (χ1v) is 6.03. The molecule has 84 valence electrons. The molecule has 0 amide bonds. The van der Waals surface area contributed by atoms with Gasteiger partial charge in [-0.25, -0.2) is 0 Å². The van der Waals surface area contributed by atoms with Gasteiger partial charge in [-0.05, 0) is 18.3 Å². The number of halogens is 1. The van der Waals surface area contributed by atoms with Crippen molar-refractivity contribution in [3.63, 3.8) is 0 Å². The summed E-state index contributed by atoms with van der Waals surface area (Å²) in [6.45, 7) is 5.62. The number of aliphatic carboxylic acids is 1. The second-order valence-electron chi connectivity index (χ2n) is 5.44. The molecule has 2 bridgehead atoms. The van der Waals surface area contributed by atoms with E-state index < -0.39 is 27.0 Å². The van der Waals surface area contributed by atoms with Gasteiger partial charge < -0.3 is 9.90 Å². The Bertz CT molecular complexity index is 363. The molecule has 0 N–H and O–H groups in total. The van der Waals surface area contributed by atoms with Crippen molar-refractivity contribution < 1.29 is 14.7 Å². The van der Waals surface area contributed by atoms with Crippen LogP contribution in [0.3, 0.4) is 0 Å². The van der Waals surface area contributed by atoms with Gasteiger partial charge in [-0.2, -0.15) is 0 Å². The normalized spacial score (nSPS) is 47.2. The molecule has 0 aromatic carbocycles. The topological polar surface area (TPSA) is 57.2 Å². The quantitative estimate of drug-likeness (QED) is 0.667. The molecule has 15 heavy (non-hydrogen) atoms. The third-order valence-corrected chi connectivity index (χ3v) is 6.28. The number of carboxylic acids is 1. The molecule has 2 unspecified atom stereocenters. The summed E-state index contributed by atoms with van der Waals surface area (Å²) in [6, 6.07) is 0. The van der Waals surface area contributed by atoms with Crippen LogP contribution >= 0.6 is 15.9 Å². The highest BCUT2D eigenvalue weighted by atomic mass is 79.9. The molecule has 2 rings (SSSR count). The first kappa shape index (κ1) is 11.1. The highest BCUT2D eigenvalue weighted by Gasteiger charge is 2.74. The molecule has 0 spiro atoms. The lowest BCUT2D eigenvalue weighted by molar-refractivity contribution is -0.322. The minimum Gasteiger partial charge on any atom is -0.549 e. The zero-order valence-corrected chi connectivity index (χ0v) is 10.7. The van der Waals surface area contributed by atoms with E-state index >= 15 is 0 Å². The van der Waals surface area contributed by atoms with Gasteiger partial charge in [0.2, 0.25) is 0 Å². The van der Waals surface area contributed by atoms with Crippen LogP contribution in [0, 0.1) is 16.2 Å². The van der Waals surface area contributed by atoms with Crippen molar-refractivity contribution in [2.45, 2.75) is 38.4 Å². The van der Waals surface area contributed by atoms with E-state index in [1.165, 1.54) is 0 Å². The van der Waals surface area contributed by atoms with Gasteiger partial charge in [-0.1, -0.05) is 36.7 Å². The Kier molecular flexibility index (Phi) is 1.96. The van der Waals surface area contributed by atoms with Crippen LogP contribution in [-0.4, -0.2) is 16.6 Å². The second-order valence-corrected chi connectivity index (χ2v) is 6.36. The predicted molar refractivity (Wildman–Crippen MR) is 56.3 cm³/mol. The highest BCUT2D eigenvalue weighted by molar-refractivity contribution is 9.10. The number of fused-ring (bicyclic) bond motifs is 2. The van der Waals surface area contributed by atoms with E-state index in [9.17, 15) is 14.7 Å². The number of hydrogen-bond acceptors (Lipinski definition) is 3. The molecule has 0 saturated heterocycles. The van der Waals surface area contributed by atoms with Crippen LogP contribution in [0.4, 0.5) is 0 Å². The zero-order chi connectivity index (χ0) is 11.6. The Morgan fingerprint density at radius 1 is 1.40 bits per heavy atom. The second kappa shape index (κ2) is 2.65. The molecule has 2 fully saturated rings. The standard InChI is InChI=1S/C11H15BrO3/c1-9(2)10(3)4-5-11(9,8(14)15)6(12)7(10)13/h6H,4-5H2,1-3H3,(H,14,15)/p-1/t6-,10?,11?/m1/s1. The number of rotatable bonds is 1. The smallest absolute Gasteiger partial charge is 0.153 e. The average Bonchev–Trinajstić information content (AvgIpc) is 2.39. The Morgan fingerprint density at radius 3 is 2.20 bits per heavy atom. The molecule has 3 nitrogen and oxygen atoms in total.